The summed E-state index contributed by atoms with van der Waals surface area (Å²) >= 11 is 5.96. The molecular weight excluding hydrogens is 280 g/mol. The van der Waals surface area contributed by atoms with E-state index in [1.165, 1.54) is 7.11 Å². The van der Waals surface area contributed by atoms with Crippen LogP contribution in [-0.4, -0.2) is 43.3 Å². The van der Waals surface area contributed by atoms with Crippen molar-refractivity contribution < 1.29 is 14.3 Å². The van der Waals surface area contributed by atoms with Crippen LogP contribution in [0.3, 0.4) is 0 Å². The third-order valence-electron chi connectivity index (χ3n) is 3.11. The number of halogens is 1. The number of rotatable bonds is 2. The Morgan fingerprint density at radius 1 is 1.40 bits per heavy atom. The standard InChI is InChI=1S/C14H19ClN2O3/c1-9-7-17(8-10(2)20-9)14(18)16-11-4-5-12(15)13(6-11)19-3/h4-6,9-10H,7-8H2,1-3H3,(H,16,18). The summed E-state index contributed by atoms with van der Waals surface area (Å²) in [5.41, 5.74) is 0.656. The molecule has 6 heteroatoms. The lowest BCUT2D eigenvalue weighted by Gasteiger charge is -2.35. The summed E-state index contributed by atoms with van der Waals surface area (Å²) in [7, 11) is 1.54. The molecule has 20 heavy (non-hydrogen) atoms. The number of benzene rings is 1. The Morgan fingerprint density at radius 3 is 2.65 bits per heavy atom. The molecule has 5 nitrogen and oxygen atoms in total. The summed E-state index contributed by atoms with van der Waals surface area (Å²) in [4.78, 5) is 14.0. The summed E-state index contributed by atoms with van der Waals surface area (Å²) in [6, 6.07) is 5.00. The van der Waals surface area contributed by atoms with Gasteiger partial charge < -0.3 is 19.7 Å². The van der Waals surface area contributed by atoms with E-state index in [4.69, 9.17) is 21.1 Å². The Kier molecular flexibility index (Phi) is 4.73. The second-order valence-corrected chi connectivity index (χ2v) is 5.35. The van der Waals surface area contributed by atoms with Crippen LogP contribution < -0.4 is 10.1 Å². The molecule has 1 saturated heterocycles. The van der Waals surface area contributed by atoms with Crippen molar-refractivity contribution in [1.82, 2.24) is 4.90 Å². The number of nitrogens with zero attached hydrogens (tertiary/aromatic N) is 1. The van der Waals surface area contributed by atoms with E-state index in [0.29, 0.717) is 29.5 Å². The van der Waals surface area contributed by atoms with Gasteiger partial charge in [0, 0.05) is 24.8 Å². The van der Waals surface area contributed by atoms with Gasteiger partial charge in [0.25, 0.3) is 0 Å². The maximum atomic E-state index is 12.2. The van der Waals surface area contributed by atoms with Gasteiger partial charge in [-0.1, -0.05) is 11.6 Å². The molecule has 1 aromatic rings. The Hall–Kier alpha value is -1.46. The second kappa shape index (κ2) is 6.33. The van der Waals surface area contributed by atoms with E-state index in [9.17, 15) is 4.79 Å². The average Bonchev–Trinajstić information content (AvgIpc) is 2.39. The van der Waals surface area contributed by atoms with Gasteiger partial charge in [-0.25, -0.2) is 4.79 Å². The highest BCUT2D eigenvalue weighted by molar-refractivity contribution is 6.32. The SMILES string of the molecule is COc1cc(NC(=O)N2CC(C)OC(C)C2)ccc1Cl. The predicted molar refractivity (Wildman–Crippen MR) is 78.6 cm³/mol. The maximum absolute atomic E-state index is 12.2. The largest absolute Gasteiger partial charge is 0.495 e. The zero-order chi connectivity index (χ0) is 14.7. The van der Waals surface area contributed by atoms with Crippen LogP contribution in [0.4, 0.5) is 10.5 Å². The molecule has 1 fully saturated rings. The van der Waals surface area contributed by atoms with E-state index < -0.39 is 0 Å². The van der Waals surface area contributed by atoms with Crippen LogP contribution in [0.5, 0.6) is 5.75 Å². The Bertz CT molecular complexity index is 485. The molecule has 2 unspecified atom stereocenters. The van der Waals surface area contributed by atoms with Gasteiger partial charge in [0.05, 0.1) is 24.3 Å². The zero-order valence-electron chi connectivity index (χ0n) is 11.9. The monoisotopic (exact) mass is 298 g/mol. The van der Waals surface area contributed by atoms with Gasteiger partial charge in [-0.2, -0.15) is 0 Å². The van der Waals surface area contributed by atoms with Crippen molar-refractivity contribution in [1.29, 1.82) is 0 Å². The molecule has 2 rings (SSSR count). The van der Waals surface area contributed by atoms with Crippen LogP contribution >= 0.6 is 11.6 Å². The van der Waals surface area contributed by atoms with Gasteiger partial charge in [0.2, 0.25) is 0 Å². The minimum atomic E-state index is -0.142. The van der Waals surface area contributed by atoms with Crippen molar-refractivity contribution in [3.63, 3.8) is 0 Å². The van der Waals surface area contributed by atoms with Crippen LogP contribution in [0.1, 0.15) is 13.8 Å². The lowest BCUT2D eigenvalue weighted by Crippen LogP contribution is -2.49. The molecule has 0 saturated carbocycles. The van der Waals surface area contributed by atoms with E-state index >= 15 is 0 Å². The van der Waals surface area contributed by atoms with Gasteiger partial charge in [-0.05, 0) is 26.0 Å². The predicted octanol–water partition coefficient (Wildman–Crippen LogP) is 2.99. The number of hydrogen-bond acceptors (Lipinski definition) is 3. The topological polar surface area (TPSA) is 50.8 Å². The molecule has 0 aromatic heterocycles. The minimum absolute atomic E-state index is 0.0456. The number of anilines is 1. The maximum Gasteiger partial charge on any atom is 0.322 e. The number of urea groups is 1. The van der Waals surface area contributed by atoms with Crippen molar-refractivity contribution in [3.05, 3.63) is 23.2 Å². The zero-order valence-corrected chi connectivity index (χ0v) is 12.6. The van der Waals surface area contributed by atoms with E-state index in [1.807, 2.05) is 13.8 Å². The molecule has 1 N–H and O–H groups in total. The van der Waals surface area contributed by atoms with Crippen LogP contribution in [0.2, 0.25) is 5.02 Å². The van der Waals surface area contributed by atoms with E-state index in [1.54, 1.807) is 23.1 Å². The molecule has 2 amide bonds. The Morgan fingerprint density at radius 2 is 2.05 bits per heavy atom. The number of amides is 2. The number of carbonyl (C=O) groups is 1. The van der Waals surface area contributed by atoms with Gasteiger partial charge in [-0.15, -0.1) is 0 Å². The molecule has 1 heterocycles. The van der Waals surface area contributed by atoms with Gasteiger partial charge in [0.15, 0.2) is 0 Å². The molecule has 1 aliphatic heterocycles. The molecule has 110 valence electrons. The quantitative estimate of drug-likeness (QED) is 0.913. The summed E-state index contributed by atoms with van der Waals surface area (Å²) < 4.78 is 10.7. The van der Waals surface area contributed by atoms with Crippen molar-refractivity contribution in [2.45, 2.75) is 26.1 Å². The molecule has 0 radical (unpaired) electrons. The second-order valence-electron chi connectivity index (χ2n) is 4.94. The smallest absolute Gasteiger partial charge is 0.322 e. The number of hydrogen-bond donors (Lipinski definition) is 1. The van der Waals surface area contributed by atoms with Crippen molar-refractivity contribution in [2.24, 2.45) is 0 Å². The number of morpholine rings is 1. The van der Waals surface area contributed by atoms with E-state index in [-0.39, 0.29) is 18.2 Å². The lowest BCUT2D eigenvalue weighted by atomic mass is 10.2. The van der Waals surface area contributed by atoms with Gasteiger partial charge >= 0.3 is 6.03 Å². The Labute approximate surface area is 123 Å². The number of nitrogens with one attached hydrogen (secondary N) is 1. The Balaban J connectivity index is 2.04. The first-order valence-electron chi connectivity index (χ1n) is 6.54. The van der Waals surface area contributed by atoms with Crippen molar-refractivity contribution in [3.8, 4) is 5.75 Å². The number of carbonyl (C=O) groups excluding carboxylic acids is 1. The van der Waals surface area contributed by atoms with Crippen LogP contribution in [0.15, 0.2) is 18.2 Å². The summed E-state index contributed by atoms with van der Waals surface area (Å²) in [5.74, 6) is 0.535. The molecular formula is C14H19ClN2O3. The van der Waals surface area contributed by atoms with Crippen LogP contribution in [0, 0.1) is 0 Å². The highest BCUT2D eigenvalue weighted by Gasteiger charge is 2.25. The molecule has 0 aliphatic carbocycles. The molecule has 2 atom stereocenters. The number of methoxy groups -OCH3 is 1. The molecule has 1 aliphatic rings. The van der Waals surface area contributed by atoms with Crippen LogP contribution in [0.25, 0.3) is 0 Å². The summed E-state index contributed by atoms with van der Waals surface area (Å²) in [6.07, 6.45) is 0.0912. The minimum Gasteiger partial charge on any atom is -0.495 e. The average molecular weight is 299 g/mol. The first-order valence-corrected chi connectivity index (χ1v) is 6.92. The first-order chi connectivity index (χ1) is 9.49. The van der Waals surface area contributed by atoms with E-state index in [2.05, 4.69) is 5.32 Å². The van der Waals surface area contributed by atoms with Crippen molar-refractivity contribution >= 4 is 23.3 Å². The first kappa shape index (κ1) is 14.9. The van der Waals surface area contributed by atoms with E-state index in [0.717, 1.165) is 0 Å². The highest BCUT2D eigenvalue weighted by atomic mass is 35.5. The summed E-state index contributed by atoms with van der Waals surface area (Å²) in [6.45, 7) is 5.09. The van der Waals surface area contributed by atoms with Crippen LogP contribution in [-0.2, 0) is 4.74 Å². The molecule has 1 aromatic carbocycles. The van der Waals surface area contributed by atoms with Crippen molar-refractivity contribution in [2.75, 3.05) is 25.5 Å². The van der Waals surface area contributed by atoms with Gasteiger partial charge in [-0.3, -0.25) is 0 Å². The molecule has 0 bridgehead atoms. The highest BCUT2D eigenvalue weighted by Crippen LogP contribution is 2.27. The number of ether oxygens (including phenoxy) is 2. The third kappa shape index (κ3) is 3.55. The summed E-state index contributed by atoms with van der Waals surface area (Å²) in [5, 5.41) is 3.36. The fourth-order valence-electron chi connectivity index (χ4n) is 2.28. The van der Waals surface area contributed by atoms with Gasteiger partial charge in [0.1, 0.15) is 5.75 Å². The lowest BCUT2D eigenvalue weighted by molar-refractivity contribution is -0.0530. The third-order valence-corrected chi connectivity index (χ3v) is 3.42. The molecule has 0 spiro atoms. The normalized spacial score (nSPS) is 22.5. The fourth-order valence-corrected chi connectivity index (χ4v) is 2.48. The fraction of sp³-hybridized carbons (Fsp3) is 0.500.